The molecule has 160 valence electrons. The highest BCUT2D eigenvalue weighted by Crippen LogP contribution is 2.59. The molecule has 0 radical (unpaired) electrons. The molecular formula is C30H25BO2. The van der Waals surface area contributed by atoms with E-state index >= 15 is 0 Å². The fourth-order valence-corrected chi connectivity index (χ4v) is 4.88. The standard InChI is InChI=1S/C30H25BO2/c1-3-24(2)31-32-29(25-16-8-4-9-17-25,26-18-10-5-11-19-26)30(33-31,27-20-12-6-13-21-27)28-22-14-7-15-23-28/h4-23H,1H2,2H3. The minimum atomic E-state index is -0.957. The van der Waals surface area contributed by atoms with E-state index in [1.807, 2.05) is 79.7 Å². The molecule has 0 aliphatic carbocycles. The summed E-state index contributed by atoms with van der Waals surface area (Å²) in [4.78, 5) is 0. The lowest BCUT2D eigenvalue weighted by molar-refractivity contribution is 0.00370. The Hall–Kier alpha value is -3.62. The molecule has 4 aromatic rings. The van der Waals surface area contributed by atoms with Gasteiger partial charge in [-0.2, -0.15) is 0 Å². The largest absolute Gasteiger partial charge is 0.499 e. The highest BCUT2D eigenvalue weighted by Gasteiger charge is 2.65. The predicted octanol–water partition coefficient (Wildman–Crippen LogP) is 6.68. The average Bonchev–Trinajstić information content (AvgIpc) is 3.28. The van der Waals surface area contributed by atoms with Crippen LogP contribution in [0.25, 0.3) is 0 Å². The fraction of sp³-hybridized carbons (Fsp3) is 0.100. The van der Waals surface area contributed by atoms with Gasteiger partial charge in [-0.05, 0) is 34.6 Å². The molecule has 0 bridgehead atoms. The Labute approximate surface area is 196 Å². The number of allylic oxidation sites excluding steroid dienone is 1. The zero-order valence-corrected chi connectivity index (χ0v) is 18.6. The maximum Gasteiger partial charge on any atom is 0.499 e. The van der Waals surface area contributed by atoms with Crippen LogP contribution in [-0.4, -0.2) is 7.12 Å². The van der Waals surface area contributed by atoms with Gasteiger partial charge < -0.3 is 9.31 Å². The van der Waals surface area contributed by atoms with Crippen molar-refractivity contribution in [3.05, 3.63) is 161 Å². The van der Waals surface area contributed by atoms with Crippen molar-refractivity contribution in [2.75, 3.05) is 0 Å². The zero-order chi connectivity index (χ0) is 22.7. The molecule has 5 rings (SSSR count). The van der Waals surface area contributed by atoms with E-state index < -0.39 is 18.3 Å². The molecule has 4 aromatic carbocycles. The van der Waals surface area contributed by atoms with E-state index in [-0.39, 0.29) is 0 Å². The van der Waals surface area contributed by atoms with E-state index in [1.165, 1.54) is 0 Å². The van der Waals surface area contributed by atoms with Crippen LogP contribution in [0, 0.1) is 0 Å². The van der Waals surface area contributed by atoms with Gasteiger partial charge in [0.05, 0.1) is 0 Å². The summed E-state index contributed by atoms with van der Waals surface area (Å²) in [5.74, 6) is 0. The van der Waals surface area contributed by atoms with Crippen LogP contribution < -0.4 is 0 Å². The second-order valence-corrected chi connectivity index (χ2v) is 8.25. The highest BCUT2D eigenvalue weighted by molar-refractivity contribution is 6.54. The summed E-state index contributed by atoms with van der Waals surface area (Å²) >= 11 is 0. The summed E-state index contributed by atoms with van der Waals surface area (Å²) in [7, 11) is -0.622. The van der Waals surface area contributed by atoms with Gasteiger partial charge in [-0.25, -0.2) is 0 Å². The van der Waals surface area contributed by atoms with E-state index in [1.54, 1.807) is 0 Å². The second kappa shape index (κ2) is 8.73. The van der Waals surface area contributed by atoms with Gasteiger partial charge in [-0.3, -0.25) is 0 Å². The van der Waals surface area contributed by atoms with Gasteiger partial charge in [0.25, 0.3) is 0 Å². The van der Waals surface area contributed by atoms with Crippen LogP contribution in [0.5, 0.6) is 0 Å². The van der Waals surface area contributed by atoms with Crippen LogP contribution in [-0.2, 0) is 20.5 Å². The van der Waals surface area contributed by atoms with Crippen LogP contribution in [0.1, 0.15) is 29.2 Å². The molecule has 0 aromatic heterocycles. The number of hydrogen-bond acceptors (Lipinski definition) is 2. The molecule has 0 N–H and O–H groups in total. The van der Waals surface area contributed by atoms with Gasteiger partial charge in [0.1, 0.15) is 11.2 Å². The second-order valence-electron chi connectivity index (χ2n) is 8.25. The summed E-state index contributed by atoms with van der Waals surface area (Å²) in [6.45, 7) is 5.82. The maximum absolute atomic E-state index is 7.04. The monoisotopic (exact) mass is 428 g/mol. The lowest BCUT2D eigenvalue weighted by Gasteiger charge is -2.46. The third-order valence-electron chi connectivity index (χ3n) is 6.42. The SMILES string of the molecule is C=C=C(C)B1OC(c2ccccc2)(c2ccccc2)C(c2ccccc2)(c2ccccc2)O1. The predicted molar refractivity (Wildman–Crippen MR) is 134 cm³/mol. The number of benzene rings is 4. The zero-order valence-electron chi connectivity index (χ0n) is 18.6. The van der Waals surface area contributed by atoms with Crippen molar-refractivity contribution in [3.8, 4) is 0 Å². The van der Waals surface area contributed by atoms with E-state index in [9.17, 15) is 0 Å². The lowest BCUT2D eigenvalue weighted by atomic mass is 9.66. The number of hydrogen-bond donors (Lipinski definition) is 0. The van der Waals surface area contributed by atoms with E-state index in [0.29, 0.717) is 0 Å². The Morgan fingerprint density at radius 3 is 1.09 bits per heavy atom. The van der Waals surface area contributed by atoms with Crippen LogP contribution in [0.4, 0.5) is 0 Å². The molecule has 1 saturated heterocycles. The molecule has 0 amide bonds. The Bertz CT molecular complexity index is 1090. The minimum absolute atomic E-state index is 0.622. The first-order valence-corrected chi connectivity index (χ1v) is 11.2. The molecule has 33 heavy (non-hydrogen) atoms. The third-order valence-corrected chi connectivity index (χ3v) is 6.42. The molecule has 0 unspecified atom stereocenters. The van der Waals surface area contributed by atoms with Crippen LogP contribution >= 0.6 is 0 Å². The van der Waals surface area contributed by atoms with Crippen LogP contribution in [0.3, 0.4) is 0 Å². The molecule has 1 fully saturated rings. The molecule has 1 aliphatic heterocycles. The topological polar surface area (TPSA) is 18.5 Å². The molecule has 0 atom stereocenters. The first-order valence-electron chi connectivity index (χ1n) is 11.2. The Balaban J connectivity index is 1.95. The molecule has 1 heterocycles. The van der Waals surface area contributed by atoms with Gasteiger partial charge in [0.2, 0.25) is 0 Å². The van der Waals surface area contributed by atoms with E-state index in [0.717, 1.165) is 27.7 Å². The maximum atomic E-state index is 7.04. The van der Waals surface area contributed by atoms with Crippen molar-refractivity contribution >= 4 is 7.12 Å². The first kappa shape index (κ1) is 21.2. The van der Waals surface area contributed by atoms with Gasteiger partial charge in [0.15, 0.2) is 0 Å². The molecular weight excluding hydrogens is 403 g/mol. The lowest BCUT2D eigenvalue weighted by Crippen LogP contribution is -2.48. The highest BCUT2D eigenvalue weighted by atomic mass is 16.7. The van der Waals surface area contributed by atoms with Crippen LogP contribution in [0.2, 0.25) is 0 Å². The molecule has 0 saturated carbocycles. The molecule has 3 heteroatoms. The van der Waals surface area contributed by atoms with Crippen LogP contribution in [0.15, 0.2) is 139 Å². The summed E-state index contributed by atoms with van der Waals surface area (Å²) < 4.78 is 14.1. The van der Waals surface area contributed by atoms with Crippen molar-refractivity contribution in [1.29, 1.82) is 0 Å². The Kier molecular flexibility index (Phi) is 5.62. The average molecular weight is 428 g/mol. The molecule has 2 nitrogen and oxygen atoms in total. The quantitative estimate of drug-likeness (QED) is 0.261. The summed E-state index contributed by atoms with van der Waals surface area (Å²) in [5.41, 5.74) is 5.96. The van der Waals surface area contributed by atoms with E-state index in [4.69, 9.17) is 9.31 Å². The minimum Gasteiger partial charge on any atom is -0.390 e. The van der Waals surface area contributed by atoms with Gasteiger partial charge >= 0.3 is 7.12 Å². The summed E-state index contributed by atoms with van der Waals surface area (Å²) in [6, 6.07) is 41.4. The van der Waals surface area contributed by atoms with Crippen molar-refractivity contribution in [3.63, 3.8) is 0 Å². The van der Waals surface area contributed by atoms with E-state index in [2.05, 4.69) is 60.8 Å². The normalized spacial score (nSPS) is 16.2. The molecule has 0 spiro atoms. The van der Waals surface area contributed by atoms with Crippen molar-refractivity contribution < 1.29 is 9.31 Å². The van der Waals surface area contributed by atoms with Crippen molar-refractivity contribution in [2.45, 2.75) is 18.1 Å². The number of rotatable bonds is 5. The third kappa shape index (κ3) is 3.30. The van der Waals surface area contributed by atoms with Crippen molar-refractivity contribution in [2.24, 2.45) is 0 Å². The molecule has 1 aliphatic rings. The fourth-order valence-electron chi connectivity index (χ4n) is 4.88. The van der Waals surface area contributed by atoms with Gasteiger partial charge in [0, 0.05) is 0 Å². The summed E-state index contributed by atoms with van der Waals surface area (Å²) in [6.07, 6.45) is 0. The smallest absolute Gasteiger partial charge is 0.390 e. The van der Waals surface area contributed by atoms with Gasteiger partial charge in [-0.15, -0.1) is 5.73 Å². The Morgan fingerprint density at radius 1 is 0.576 bits per heavy atom. The Morgan fingerprint density at radius 2 is 0.848 bits per heavy atom. The summed E-state index contributed by atoms with van der Waals surface area (Å²) in [5, 5.41) is 0. The van der Waals surface area contributed by atoms with Crippen molar-refractivity contribution in [1.82, 2.24) is 0 Å². The van der Waals surface area contributed by atoms with Gasteiger partial charge in [-0.1, -0.05) is 128 Å². The first-order chi connectivity index (χ1) is 16.2.